The molecule has 0 bridgehead atoms. The largest absolute Gasteiger partial charge is 0.338 e. The first-order valence-electron chi connectivity index (χ1n) is 8.64. The number of hydrogen-bond acceptors (Lipinski definition) is 5. The van der Waals surface area contributed by atoms with E-state index in [0.717, 1.165) is 30.3 Å². The third-order valence-electron chi connectivity index (χ3n) is 4.92. The molecule has 2 aromatic rings. The average Bonchev–Trinajstić information content (AvgIpc) is 2.90. The molecule has 1 unspecified atom stereocenters. The van der Waals surface area contributed by atoms with Gasteiger partial charge in [0.2, 0.25) is 5.91 Å². The Labute approximate surface area is 150 Å². The number of carbonyl (C=O) groups is 1. The number of aromatic nitrogens is 2. The van der Waals surface area contributed by atoms with E-state index in [9.17, 15) is 13.6 Å². The third kappa shape index (κ3) is 4.24. The molecule has 1 aliphatic rings. The van der Waals surface area contributed by atoms with Crippen LogP contribution in [-0.2, 0) is 17.9 Å². The third-order valence-corrected chi connectivity index (χ3v) is 4.92. The Morgan fingerprint density at radius 3 is 2.81 bits per heavy atom. The predicted octanol–water partition coefficient (Wildman–Crippen LogP) is 2.67. The van der Waals surface area contributed by atoms with E-state index in [1.54, 1.807) is 4.90 Å². The highest BCUT2D eigenvalue weighted by atomic mass is 19.1. The molecule has 1 atom stereocenters. The number of likely N-dealkylation sites (tertiary alicyclic amines) is 1. The number of aryl methyl sites for hydroxylation is 1. The van der Waals surface area contributed by atoms with Gasteiger partial charge in [0.05, 0.1) is 0 Å². The van der Waals surface area contributed by atoms with E-state index in [-0.39, 0.29) is 18.5 Å². The van der Waals surface area contributed by atoms with Crippen molar-refractivity contribution in [3.63, 3.8) is 0 Å². The quantitative estimate of drug-likeness (QED) is 0.816. The van der Waals surface area contributed by atoms with Crippen molar-refractivity contribution in [2.24, 2.45) is 0 Å². The van der Waals surface area contributed by atoms with Crippen molar-refractivity contribution in [3.8, 4) is 0 Å². The molecule has 1 fully saturated rings. The fourth-order valence-electron chi connectivity index (χ4n) is 3.24. The van der Waals surface area contributed by atoms with Crippen LogP contribution in [0.25, 0.3) is 0 Å². The Morgan fingerprint density at radius 1 is 1.31 bits per heavy atom. The van der Waals surface area contributed by atoms with Crippen LogP contribution in [0, 0.1) is 18.6 Å². The number of benzene rings is 1. The van der Waals surface area contributed by atoms with Gasteiger partial charge in [-0.2, -0.15) is 0 Å². The maximum atomic E-state index is 13.9. The average molecular weight is 364 g/mol. The molecule has 2 heterocycles. The lowest BCUT2D eigenvalue weighted by Gasteiger charge is -2.26. The zero-order chi connectivity index (χ0) is 18.7. The molecule has 1 aromatic heterocycles. The summed E-state index contributed by atoms with van der Waals surface area (Å²) in [5.74, 6) is -1.25. The minimum atomic E-state index is -0.621. The summed E-state index contributed by atoms with van der Waals surface area (Å²) in [4.78, 5) is 16.2. The van der Waals surface area contributed by atoms with Gasteiger partial charge in [-0.3, -0.25) is 9.69 Å². The molecule has 1 saturated heterocycles. The molecule has 1 amide bonds. The second kappa shape index (κ2) is 7.90. The number of halogens is 2. The highest BCUT2D eigenvalue weighted by molar-refractivity contribution is 5.76. The highest BCUT2D eigenvalue weighted by Crippen LogP contribution is 2.21. The highest BCUT2D eigenvalue weighted by Gasteiger charge is 2.26. The van der Waals surface area contributed by atoms with Gasteiger partial charge < -0.3 is 4.90 Å². The molecule has 6 nitrogen and oxygen atoms in total. The molecule has 3 rings (SSSR count). The zero-order valence-corrected chi connectivity index (χ0v) is 14.9. The van der Waals surface area contributed by atoms with Crippen molar-refractivity contribution in [3.05, 3.63) is 46.8 Å². The van der Waals surface area contributed by atoms with Crippen molar-refractivity contribution in [1.82, 2.24) is 20.1 Å². The molecular weight excluding hydrogens is 342 g/mol. The summed E-state index contributed by atoms with van der Waals surface area (Å²) in [6.45, 7) is 3.13. The molecule has 0 spiro atoms. The van der Waals surface area contributed by atoms with Crippen LogP contribution in [0.5, 0.6) is 0 Å². The van der Waals surface area contributed by atoms with Crippen LogP contribution in [0.4, 0.5) is 8.78 Å². The van der Waals surface area contributed by atoms with Crippen LogP contribution in [0.2, 0.25) is 0 Å². The molecule has 0 N–H and O–H groups in total. The van der Waals surface area contributed by atoms with Crippen LogP contribution < -0.4 is 0 Å². The van der Waals surface area contributed by atoms with Gasteiger partial charge in [0, 0.05) is 43.7 Å². The Bertz CT molecular complexity index is 780. The van der Waals surface area contributed by atoms with Crippen LogP contribution in [0.1, 0.15) is 36.2 Å². The lowest BCUT2D eigenvalue weighted by Crippen LogP contribution is -2.33. The van der Waals surface area contributed by atoms with E-state index in [1.807, 2.05) is 14.0 Å². The summed E-state index contributed by atoms with van der Waals surface area (Å²) < 4.78 is 31.7. The van der Waals surface area contributed by atoms with Crippen molar-refractivity contribution in [1.29, 1.82) is 0 Å². The SMILES string of the molecule is Cc1nonc1CN(C)C1CCC(=O)N(Cc2ccc(F)cc2F)CC1. The Balaban J connectivity index is 1.62. The Morgan fingerprint density at radius 2 is 2.12 bits per heavy atom. The van der Waals surface area contributed by atoms with Crippen LogP contribution in [0.15, 0.2) is 22.8 Å². The molecule has 140 valence electrons. The van der Waals surface area contributed by atoms with Gasteiger partial charge in [0.25, 0.3) is 0 Å². The van der Waals surface area contributed by atoms with Crippen molar-refractivity contribution in [2.45, 2.75) is 45.3 Å². The van der Waals surface area contributed by atoms with Gasteiger partial charge >= 0.3 is 0 Å². The van der Waals surface area contributed by atoms with Crippen LogP contribution in [0.3, 0.4) is 0 Å². The monoisotopic (exact) mass is 364 g/mol. The van der Waals surface area contributed by atoms with Gasteiger partial charge in [-0.1, -0.05) is 16.4 Å². The maximum Gasteiger partial charge on any atom is 0.222 e. The van der Waals surface area contributed by atoms with E-state index in [0.29, 0.717) is 25.1 Å². The summed E-state index contributed by atoms with van der Waals surface area (Å²) in [5, 5.41) is 7.68. The number of amides is 1. The molecule has 0 aliphatic carbocycles. The zero-order valence-electron chi connectivity index (χ0n) is 14.9. The summed E-state index contributed by atoms with van der Waals surface area (Å²) in [6, 6.07) is 3.67. The maximum absolute atomic E-state index is 13.9. The first-order valence-corrected chi connectivity index (χ1v) is 8.64. The number of carbonyl (C=O) groups excluding carboxylic acids is 1. The van der Waals surface area contributed by atoms with Gasteiger partial charge in [0.15, 0.2) is 0 Å². The normalized spacial score (nSPS) is 18.4. The Hall–Kier alpha value is -2.35. The number of hydrogen-bond donors (Lipinski definition) is 0. The van der Waals surface area contributed by atoms with Crippen LogP contribution in [-0.4, -0.2) is 45.7 Å². The van der Waals surface area contributed by atoms with Gasteiger partial charge in [0.1, 0.15) is 23.0 Å². The topological polar surface area (TPSA) is 62.5 Å². The molecule has 0 saturated carbocycles. The standard InChI is InChI=1S/C18H22F2N4O2/c1-12-17(22-26-21-12)11-23(2)15-5-6-18(25)24(8-7-15)10-13-3-4-14(19)9-16(13)20/h3-4,9,15H,5-8,10-11H2,1-2H3. The molecule has 1 aliphatic heterocycles. The molecule has 26 heavy (non-hydrogen) atoms. The van der Waals surface area contributed by atoms with Gasteiger partial charge in [-0.05, 0) is 32.9 Å². The number of nitrogens with zero attached hydrogens (tertiary/aromatic N) is 4. The molecule has 8 heteroatoms. The second-order valence-electron chi connectivity index (χ2n) is 6.74. The first-order chi connectivity index (χ1) is 12.4. The summed E-state index contributed by atoms with van der Waals surface area (Å²) in [6.07, 6.45) is 1.89. The van der Waals surface area contributed by atoms with Crippen molar-refractivity contribution < 1.29 is 18.2 Å². The summed E-state index contributed by atoms with van der Waals surface area (Å²) >= 11 is 0. The summed E-state index contributed by atoms with van der Waals surface area (Å²) in [7, 11) is 1.98. The lowest BCUT2D eigenvalue weighted by molar-refractivity contribution is -0.131. The van der Waals surface area contributed by atoms with Gasteiger partial charge in [-0.15, -0.1) is 0 Å². The van der Waals surface area contributed by atoms with E-state index in [4.69, 9.17) is 4.63 Å². The minimum Gasteiger partial charge on any atom is -0.338 e. The van der Waals surface area contributed by atoms with E-state index in [2.05, 4.69) is 15.2 Å². The molecule has 1 aromatic carbocycles. The minimum absolute atomic E-state index is 0.0103. The van der Waals surface area contributed by atoms with Gasteiger partial charge in [-0.25, -0.2) is 13.4 Å². The smallest absolute Gasteiger partial charge is 0.222 e. The van der Waals surface area contributed by atoms with E-state index in [1.165, 1.54) is 12.1 Å². The summed E-state index contributed by atoms with van der Waals surface area (Å²) in [5.41, 5.74) is 1.87. The Kier molecular flexibility index (Phi) is 5.61. The van der Waals surface area contributed by atoms with E-state index < -0.39 is 11.6 Å². The van der Waals surface area contributed by atoms with Crippen molar-refractivity contribution in [2.75, 3.05) is 13.6 Å². The lowest BCUT2D eigenvalue weighted by atomic mass is 10.1. The van der Waals surface area contributed by atoms with Crippen LogP contribution >= 0.6 is 0 Å². The fourth-order valence-corrected chi connectivity index (χ4v) is 3.24. The first kappa shape index (κ1) is 18.4. The predicted molar refractivity (Wildman–Crippen MR) is 89.9 cm³/mol. The fraction of sp³-hybridized carbons (Fsp3) is 0.500. The molecular formula is C18H22F2N4O2. The number of rotatable bonds is 5. The molecule has 0 radical (unpaired) electrons. The van der Waals surface area contributed by atoms with Crippen molar-refractivity contribution >= 4 is 5.91 Å². The second-order valence-corrected chi connectivity index (χ2v) is 6.74. The van der Waals surface area contributed by atoms with E-state index >= 15 is 0 Å².